The summed E-state index contributed by atoms with van der Waals surface area (Å²) in [5.74, 6) is -0.975. The van der Waals surface area contributed by atoms with E-state index in [4.69, 9.17) is 5.11 Å². The van der Waals surface area contributed by atoms with Gasteiger partial charge in [0.15, 0.2) is 0 Å². The van der Waals surface area contributed by atoms with Crippen LogP contribution < -0.4 is 0 Å². The number of aromatic carboxylic acids is 1. The number of hydrogen-bond donors (Lipinski definition) is 1. The van der Waals surface area contributed by atoms with Crippen LogP contribution in [-0.2, 0) is 0 Å². The van der Waals surface area contributed by atoms with E-state index in [1.807, 2.05) is 13.0 Å². The Bertz CT molecular complexity index is 279. The zero-order chi connectivity index (χ0) is 8.43. The number of pyridine rings is 1. The number of aromatic nitrogens is 1. The third-order valence-electron chi connectivity index (χ3n) is 1.32. The number of carboxylic acid groups (broad SMARTS) is 1. The Balaban J connectivity index is 0.00000121. The molecule has 1 aromatic heterocycles. The van der Waals surface area contributed by atoms with Crippen molar-refractivity contribution < 1.29 is 9.90 Å². The molecule has 0 saturated heterocycles. The monoisotopic (exact) mass is 175 g/mol. The first-order valence-corrected chi connectivity index (χ1v) is 3.28. The Labute approximate surface area is 93.1 Å². The van der Waals surface area contributed by atoms with Crippen molar-refractivity contribution in [2.75, 3.05) is 0 Å². The van der Waals surface area contributed by atoms with Crippen LogP contribution in [0.3, 0.4) is 0 Å². The van der Waals surface area contributed by atoms with Crippen LogP contribution in [0, 0.1) is 13.8 Å². The molecule has 0 aliphatic carbocycles. The predicted octanol–water partition coefficient (Wildman–Crippen LogP) is 0.748. The predicted molar refractivity (Wildman–Crippen MR) is 47.8 cm³/mol. The fourth-order valence-electron chi connectivity index (χ4n) is 0.951. The number of hydrogen-bond acceptors (Lipinski definition) is 2. The maximum atomic E-state index is 10.4. The fourth-order valence-corrected chi connectivity index (χ4v) is 0.951. The second-order valence-electron chi connectivity index (χ2n) is 2.48. The van der Waals surface area contributed by atoms with Gasteiger partial charge in [-0.05, 0) is 31.5 Å². The van der Waals surface area contributed by atoms with Gasteiger partial charge < -0.3 is 5.11 Å². The first-order valence-electron chi connectivity index (χ1n) is 3.28. The van der Waals surface area contributed by atoms with Crippen molar-refractivity contribution in [2.45, 2.75) is 13.8 Å². The van der Waals surface area contributed by atoms with Gasteiger partial charge in [0.2, 0.25) is 0 Å². The van der Waals surface area contributed by atoms with E-state index < -0.39 is 5.97 Å². The molecule has 1 aromatic rings. The zero-order valence-electron chi connectivity index (χ0n) is 6.46. The van der Waals surface area contributed by atoms with E-state index in [1.54, 1.807) is 13.0 Å². The van der Waals surface area contributed by atoms with Gasteiger partial charge in [-0.25, -0.2) is 9.78 Å². The van der Waals surface area contributed by atoms with E-state index in [0.717, 1.165) is 11.3 Å². The normalized spacial score (nSPS) is 8.83. The number of nitrogens with zero attached hydrogens (tertiary/aromatic N) is 1. The van der Waals surface area contributed by atoms with Crippen molar-refractivity contribution in [3.63, 3.8) is 0 Å². The molecule has 12 heavy (non-hydrogen) atoms. The van der Waals surface area contributed by atoms with Crippen molar-refractivity contribution in [3.05, 3.63) is 29.1 Å². The molecule has 0 saturated carbocycles. The van der Waals surface area contributed by atoms with Crippen molar-refractivity contribution in [1.29, 1.82) is 0 Å². The van der Waals surface area contributed by atoms with Gasteiger partial charge in [0.05, 0.1) is 0 Å². The van der Waals surface area contributed by atoms with Crippen molar-refractivity contribution in [1.82, 2.24) is 4.98 Å². The summed E-state index contributed by atoms with van der Waals surface area (Å²) in [6, 6.07) is 3.39. The molecule has 0 amide bonds. The Hall–Kier alpha value is -0.380. The topological polar surface area (TPSA) is 50.2 Å². The number of carboxylic acids is 1. The Morgan fingerprint density at radius 3 is 2.42 bits per heavy atom. The van der Waals surface area contributed by atoms with E-state index in [9.17, 15) is 4.79 Å². The third kappa shape index (κ3) is 2.93. The Kier molecular flexibility index (Phi) is 4.45. The molecule has 1 rings (SSSR count). The summed E-state index contributed by atoms with van der Waals surface area (Å²) in [6.45, 7) is 3.63. The molecule has 0 fully saturated rings. The van der Waals surface area contributed by atoms with E-state index in [-0.39, 0.29) is 35.3 Å². The quantitative estimate of drug-likeness (QED) is 0.640. The second-order valence-corrected chi connectivity index (χ2v) is 2.48. The van der Waals surface area contributed by atoms with Gasteiger partial charge in [0.1, 0.15) is 5.69 Å². The number of carbonyl (C=O) groups is 1. The molecule has 0 radical (unpaired) electrons. The third-order valence-corrected chi connectivity index (χ3v) is 1.32. The van der Waals surface area contributed by atoms with Crippen LogP contribution in [0.4, 0.5) is 0 Å². The molecule has 0 unspecified atom stereocenters. The molecule has 0 aromatic carbocycles. The van der Waals surface area contributed by atoms with Crippen LogP contribution >= 0.6 is 0 Å². The molecule has 60 valence electrons. The molecule has 1 N–H and O–H groups in total. The molecular weight excluding hydrogens is 165 g/mol. The fraction of sp³-hybridized carbons (Fsp3) is 0.250. The van der Waals surface area contributed by atoms with Crippen LogP contribution in [0.15, 0.2) is 12.1 Å². The first kappa shape index (κ1) is 11.6. The standard InChI is InChI=1S/C8H9NO2.Na.H/c1-5-3-6(2)9-7(4-5)8(10)11;;/h3-4H,1-2H3,(H,10,11);;. The van der Waals surface area contributed by atoms with Crippen molar-refractivity contribution in [2.24, 2.45) is 0 Å². The molecule has 0 aliphatic heterocycles. The Morgan fingerprint density at radius 1 is 1.42 bits per heavy atom. The summed E-state index contributed by atoms with van der Waals surface area (Å²) >= 11 is 0. The van der Waals surface area contributed by atoms with Gasteiger partial charge in [-0.2, -0.15) is 0 Å². The molecule has 0 atom stereocenters. The van der Waals surface area contributed by atoms with E-state index in [2.05, 4.69) is 4.98 Å². The van der Waals surface area contributed by atoms with Gasteiger partial charge in [0.25, 0.3) is 0 Å². The molecule has 0 aliphatic rings. The number of aryl methyl sites for hydroxylation is 2. The summed E-state index contributed by atoms with van der Waals surface area (Å²) in [7, 11) is 0. The van der Waals surface area contributed by atoms with E-state index in [0.29, 0.717) is 0 Å². The SMILES string of the molecule is Cc1cc(C)nc(C(=O)O)c1.[NaH]. The minimum atomic E-state index is -0.975. The van der Waals surface area contributed by atoms with Crippen LogP contribution in [0.2, 0.25) is 0 Å². The van der Waals surface area contributed by atoms with Gasteiger partial charge in [-0.1, -0.05) is 0 Å². The second kappa shape index (κ2) is 4.60. The van der Waals surface area contributed by atoms with Crippen LogP contribution in [0.25, 0.3) is 0 Å². The van der Waals surface area contributed by atoms with Crippen molar-refractivity contribution >= 4 is 35.5 Å². The van der Waals surface area contributed by atoms with Gasteiger partial charge in [-0.3, -0.25) is 0 Å². The van der Waals surface area contributed by atoms with Crippen LogP contribution in [0.1, 0.15) is 21.7 Å². The molecule has 0 spiro atoms. The number of rotatable bonds is 1. The minimum absolute atomic E-state index is 0. The zero-order valence-corrected chi connectivity index (χ0v) is 6.46. The molecule has 0 bridgehead atoms. The maximum absolute atomic E-state index is 10.4. The Morgan fingerprint density at radius 2 is 2.00 bits per heavy atom. The summed E-state index contributed by atoms with van der Waals surface area (Å²) in [6.07, 6.45) is 0. The molecule has 1 heterocycles. The average molecular weight is 175 g/mol. The van der Waals surface area contributed by atoms with Gasteiger partial charge in [-0.15, -0.1) is 0 Å². The van der Waals surface area contributed by atoms with Crippen molar-refractivity contribution in [3.8, 4) is 0 Å². The van der Waals surface area contributed by atoms with E-state index in [1.165, 1.54) is 0 Å². The summed E-state index contributed by atoms with van der Waals surface area (Å²) < 4.78 is 0. The summed E-state index contributed by atoms with van der Waals surface area (Å²) in [4.78, 5) is 14.3. The molecule has 3 nitrogen and oxygen atoms in total. The van der Waals surface area contributed by atoms with Crippen LogP contribution in [-0.4, -0.2) is 45.6 Å². The average Bonchev–Trinajstić information content (AvgIpc) is 1.85. The molecule has 4 heteroatoms. The first-order chi connectivity index (χ1) is 5.09. The van der Waals surface area contributed by atoms with Crippen LogP contribution in [0.5, 0.6) is 0 Å². The summed E-state index contributed by atoms with van der Waals surface area (Å²) in [5.41, 5.74) is 1.78. The summed E-state index contributed by atoms with van der Waals surface area (Å²) in [5, 5.41) is 8.57. The van der Waals surface area contributed by atoms with Gasteiger partial charge in [0, 0.05) is 5.69 Å². The van der Waals surface area contributed by atoms with E-state index >= 15 is 0 Å². The molecular formula is C8H10NNaO2. The van der Waals surface area contributed by atoms with Gasteiger partial charge >= 0.3 is 35.5 Å².